The van der Waals surface area contributed by atoms with E-state index in [0.29, 0.717) is 17.0 Å². The number of rotatable bonds is 4. The first-order valence-electron chi connectivity index (χ1n) is 10.9. The van der Waals surface area contributed by atoms with E-state index in [1.165, 1.54) is 5.56 Å². The SMILES string of the molecule is O=C(NC1CCN(O)C(=O)C1)c1ccc(C#Cc2ccc(CN3CCOCC3)cc2)cc1. The Morgan fingerprint density at radius 3 is 2.25 bits per heavy atom. The molecule has 2 heterocycles. The average Bonchev–Trinajstić information content (AvgIpc) is 2.82. The van der Waals surface area contributed by atoms with E-state index in [1.54, 1.807) is 12.1 Å². The van der Waals surface area contributed by atoms with Crippen molar-refractivity contribution in [3.63, 3.8) is 0 Å². The van der Waals surface area contributed by atoms with Gasteiger partial charge in [0.1, 0.15) is 0 Å². The molecule has 0 spiro atoms. The maximum atomic E-state index is 12.4. The number of hydroxylamine groups is 2. The van der Waals surface area contributed by atoms with Gasteiger partial charge in [0, 0.05) is 48.8 Å². The van der Waals surface area contributed by atoms with E-state index >= 15 is 0 Å². The number of benzene rings is 2. The third-order valence-electron chi connectivity index (χ3n) is 5.70. The Morgan fingerprint density at radius 1 is 1.00 bits per heavy atom. The molecular weight excluding hydrogens is 406 g/mol. The molecule has 1 unspecified atom stereocenters. The molecule has 0 bridgehead atoms. The molecule has 0 radical (unpaired) electrons. The zero-order valence-corrected chi connectivity index (χ0v) is 17.9. The van der Waals surface area contributed by atoms with E-state index in [4.69, 9.17) is 4.74 Å². The quantitative estimate of drug-likeness (QED) is 0.570. The molecule has 2 aliphatic rings. The van der Waals surface area contributed by atoms with Gasteiger partial charge in [0.2, 0.25) is 5.91 Å². The zero-order chi connectivity index (χ0) is 22.3. The summed E-state index contributed by atoms with van der Waals surface area (Å²) in [4.78, 5) is 26.4. The van der Waals surface area contributed by atoms with E-state index in [2.05, 4.69) is 34.2 Å². The maximum Gasteiger partial charge on any atom is 0.251 e. The van der Waals surface area contributed by atoms with Crippen LogP contribution >= 0.6 is 0 Å². The number of carbonyl (C=O) groups is 2. The van der Waals surface area contributed by atoms with Gasteiger partial charge in [-0.3, -0.25) is 19.7 Å². The third kappa shape index (κ3) is 5.95. The zero-order valence-electron chi connectivity index (χ0n) is 17.9. The molecule has 32 heavy (non-hydrogen) atoms. The topological polar surface area (TPSA) is 82.1 Å². The van der Waals surface area contributed by atoms with E-state index in [0.717, 1.165) is 44.0 Å². The highest BCUT2D eigenvalue weighted by Gasteiger charge is 2.26. The van der Waals surface area contributed by atoms with Crippen LogP contribution in [0.3, 0.4) is 0 Å². The monoisotopic (exact) mass is 433 g/mol. The molecule has 7 heteroatoms. The molecule has 2 aromatic carbocycles. The molecular formula is C25H27N3O4. The van der Waals surface area contributed by atoms with Crippen LogP contribution in [-0.2, 0) is 16.1 Å². The molecule has 7 nitrogen and oxygen atoms in total. The lowest BCUT2D eigenvalue weighted by molar-refractivity contribution is -0.170. The van der Waals surface area contributed by atoms with Crippen molar-refractivity contribution in [3.05, 3.63) is 70.8 Å². The van der Waals surface area contributed by atoms with Crippen LogP contribution in [0.5, 0.6) is 0 Å². The summed E-state index contributed by atoms with van der Waals surface area (Å²) >= 11 is 0. The second-order valence-corrected chi connectivity index (χ2v) is 8.09. The van der Waals surface area contributed by atoms with E-state index < -0.39 is 0 Å². The minimum Gasteiger partial charge on any atom is -0.379 e. The summed E-state index contributed by atoms with van der Waals surface area (Å²) in [7, 11) is 0. The molecule has 2 amide bonds. The van der Waals surface area contributed by atoms with Crippen molar-refractivity contribution < 1.29 is 19.5 Å². The maximum absolute atomic E-state index is 12.4. The number of ether oxygens (including phenoxy) is 1. The van der Waals surface area contributed by atoms with Gasteiger partial charge >= 0.3 is 0 Å². The summed E-state index contributed by atoms with van der Waals surface area (Å²) < 4.78 is 5.39. The van der Waals surface area contributed by atoms with Gasteiger partial charge in [-0.05, 0) is 48.4 Å². The molecule has 2 saturated heterocycles. The smallest absolute Gasteiger partial charge is 0.251 e. The molecule has 0 aliphatic carbocycles. The van der Waals surface area contributed by atoms with Gasteiger partial charge in [0.05, 0.1) is 19.8 Å². The molecule has 0 saturated carbocycles. The van der Waals surface area contributed by atoms with Gasteiger partial charge in [0.25, 0.3) is 5.91 Å². The highest BCUT2D eigenvalue weighted by Crippen LogP contribution is 2.12. The fourth-order valence-corrected chi connectivity index (χ4v) is 3.77. The van der Waals surface area contributed by atoms with Crippen molar-refractivity contribution >= 4 is 11.8 Å². The van der Waals surface area contributed by atoms with Crippen molar-refractivity contribution in [2.45, 2.75) is 25.4 Å². The highest BCUT2D eigenvalue weighted by atomic mass is 16.5. The molecule has 2 fully saturated rings. The Morgan fingerprint density at radius 2 is 1.62 bits per heavy atom. The number of piperidine rings is 1. The van der Waals surface area contributed by atoms with Crippen molar-refractivity contribution in [2.24, 2.45) is 0 Å². The van der Waals surface area contributed by atoms with E-state index in [9.17, 15) is 14.8 Å². The Bertz CT molecular complexity index is 1000. The first-order valence-corrected chi connectivity index (χ1v) is 10.9. The van der Waals surface area contributed by atoms with Crippen LogP contribution in [0.1, 0.15) is 39.9 Å². The van der Waals surface area contributed by atoms with Crippen LogP contribution in [0, 0.1) is 11.8 Å². The van der Waals surface area contributed by atoms with Crippen LogP contribution in [0.4, 0.5) is 0 Å². The number of carbonyl (C=O) groups excluding carboxylic acids is 2. The molecule has 0 aromatic heterocycles. The van der Waals surface area contributed by atoms with Crippen LogP contribution in [0.25, 0.3) is 0 Å². The highest BCUT2D eigenvalue weighted by molar-refractivity contribution is 5.94. The molecule has 166 valence electrons. The predicted molar refractivity (Wildman–Crippen MR) is 119 cm³/mol. The van der Waals surface area contributed by atoms with Crippen LogP contribution in [-0.4, -0.2) is 65.9 Å². The summed E-state index contributed by atoms with van der Waals surface area (Å²) in [5.41, 5.74) is 3.54. The lowest BCUT2D eigenvalue weighted by Gasteiger charge is -2.27. The van der Waals surface area contributed by atoms with E-state index in [-0.39, 0.29) is 30.8 Å². The Balaban J connectivity index is 1.31. The second kappa shape index (κ2) is 10.4. The predicted octanol–water partition coefficient (Wildman–Crippen LogP) is 2.03. The van der Waals surface area contributed by atoms with Crippen LogP contribution in [0.15, 0.2) is 48.5 Å². The van der Waals surface area contributed by atoms with Crippen molar-refractivity contribution in [3.8, 4) is 11.8 Å². The van der Waals surface area contributed by atoms with Gasteiger partial charge in [-0.2, -0.15) is 0 Å². The summed E-state index contributed by atoms with van der Waals surface area (Å²) in [6.45, 7) is 4.69. The Hall–Kier alpha value is -3.18. The number of nitrogens with one attached hydrogen (secondary N) is 1. The summed E-state index contributed by atoms with van der Waals surface area (Å²) in [5.74, 6) is 5.69. The lowest BCUT2D eigenvalue weighted by atomic mass is 10.0. The number of hydrogen-bond acceptors (Lipinski definition) is 5. The van der Waals surface area contributed by atoms with Crippen molar-refractivity contribution in [1.82, 2.24) is 15.3 Å². The van der Waals surface area contributed by atoms with Crippen molar-refractivity contribution in [1.29, 1.82) is 0 Å². The molecule has 2 aliphatic heterocycles. The second-order valence-electron chi connectivity index (χ2n) is 8.09. The largest absolute Gasteiger partial charge is 0.379 e. The van der Waals surface area contributed by atoms with E-state index in [1.807, 2.05) is 24.3 Å². The van der Waals surface area contributed by atoms with Gasteiger partial charge in [0.15, 0.2) is 0 Å². The third-order valence-corrected chi connectivity index (χ3v) is 5.70. The first-order chi connectivity index (χ1) is 15.6. The average molecular weight is 434 g/mol. The van der Waals surface area contributed by atoms with Crippen molar-refractivity contribution in [2.75, 3.05) is 32.8 Å². The first kappa shape index (κ1) is 22.0. The number of nitrogens with zero attached hydrogens (tertiary/aromatic N) is 2. The standard InChI is InChI=1S/C25H27N3O4/c29-24-17-23(11-12-28(24)31)26-25(30)22-9-7-20(8-10-22)2-1-19-3-5-21(6-4-19)18-27-13-15-32-16-14-27/h3-10,23,31H,11-18H2,(H,26,30). The fraction of sp³-hybridized carbons (Fsp3) is 0.360. The Kier molecular flexibility index (Phi) is 7.17. The number of morpholine rings is 1. The normalized spacial score (nSPS) is 19.2. The molecule has 4 rings (SSSR count). The van der Waals surface area contributed by atoms with Gasteiger partial charge < -0.3 is 10.1 Å². The minimum absolute atomic E-state index is 0.108. The summed E-state index contributed by atoms with van der Waals surface area (Å²) in [5, 5.41) is 12.9. The molecule has 2 N–H and O–H groups in total. The number of hydrogen-bond donors (Lipinski definition) is 2. The molecule has 2 aromatic rings. The molecule has 1 atom stereocenters. The lowest BCUT2D eigenvalue weighted by Crippen LogP contribution is -2.46. The van der Waals surface area contributed by atoms with Crippen LogP contribution < -0.4 is 5.32 Å². The van der Waals surface area contributed by atoms with Gasteiger partial charge in [-0.15, -0.1) is 0 Å². The fourth-order valence-electron chi connectivity index (χ4n) is 3.77. The minimum atomic E-state index is -0.374. The summed E-state index contributed by atoms with van der Waals surface area (Å²) in [6.07, 6.45) is 0.639. The van der Waals surface area contributed by atoms with Crippen LogP contribution in [0.2, 0.25) is 0 Å². The summed E-state index contributed by atoms with van der Waals surface area (Å²) in [6, 6.07) is 15.1. The number of amides is 2. The van der Waals surface area contributed by atoms with Gasteiger partial charge in [-0.1, -0.05) is 24.0 Å². The Labute approximate surface area is 187 Å². The van der Waals surface area contributed by atoms with Gasteiger partial charge in [-0.25, -0.2) is 5.06 Å².